The zero-order chi connectivity index (χ0) is 18.4. The summed E-state index contributed by atoms with van der Waals surface area (Å²) < 4.78 is 15.6. The van der Waals surface area contributed by atoms with Crippen LogP contribution in [0.4, 0.5) is 5.69 Å². The standard InChI is InChI=1S/C19H21NO5/c1-12-7-5-6-8-15(12)19(22)25-13(2)18(21)20-16-11-14(23-3)9-10-17(16)24-4/h5-11,13H,1-4H3,(H,20,21)/t13-/m1/s1. The lowest BCUT2D eigenvalue weighted by molar-refractivity contribution is -0.123. The minimum atomic E-state index is -0.969. The first-order valence-electron chi connectivity index (χ1n) is 7.75. The van der Waals surface area contributed by atoms with Crippen molar-refractivity contribution in [2.24, 2.45) is 0 Å². The van der Waals surface area contributed by atoms with Gasteiger partial charge in [-0.2, -0.15) is 0 Å². The van der Waals surface area contributed by atoms with Crippen LogP contribution < -0.4 is 14.8 Å². The molecule has 0 saturated carbocycles. The lowest BCUT2D eigenvalue weighted by atomic mass is 10.1. The Labute approximate surface area is 146 Å². The Hall–Kier alpha value is -3.02. The summed E-state index contributed by atoms with van der Waals surface area (Å²) in [5.41, 5.74) is 1.65. The van der Waals surface area contributed by atoms with Gasteiger partial charge in [0.05, 0.1) is 25.5 Å². The van der Waals surface area contributed by atoms with E-state index in [9.17, 15) is 9.59 Å². The molecule has 2 aromatic rings. The number of carbonyl (C=O) groups is 2. The minimum absolute atomic E-state index is 0.432. The Morgan fingerprint density at radius 2 is 1.76 bits per heavy atom. The lowest BCUT2D eigenvalue weighted by Crippen LogP contribution is -2.30. The average Bonchev–Trinajstić information content (AvgIpc) is 2.61. The van der Waals surface area contributed by atoms with Crippen LogP contribution in [0.1, 0.15) is 22.8 Å². The van der Waals surface area contributed by atoms with Gasteiger partial charge in [0.25, 0.3) is 5.91 Å². The molecule has 2 rings (SSSR count). The maximum Gasteiger partial charge on any atom is 0.339 e. The second-order valence-corrected chi connectivity index (χ2v) is 5.42. The van der Waals surface area contributed by atoms with Crippen molar-refractivity contribution in [2.75, 3.05) is 19.5 Å². The summed E-state index contributed by atoms with van der Waals surface area (Å²) in [5, 5.41) is 2.69. The van der Waals surface area contributed by atoms with Crippen LogP contribution in [-0.4, -0.2) is 32.2 Å². The molecule has 1 N–H and O–H groups in total. The first-order chi connectivity index (χ1) is 12.0. The third-order valence-corrected chi connectivity index (χ3v) is 3.68. The second-order valence-electron chi connectivity index (χ2n) is 5.42. The van der Waals surface area contributed by atoms with Gasteiger partial charge in [0, 0.05) is 6.07 Å². The molecule has 0 aromatic heterocycles. The molecule has 6 nitrogen and oxygen atoms in total. The molecule has 1 atom stereocenters. The number of rotatable bonds is 6. The van der Waals surface area contributed by atoms with Crippen LogP contribution in [0.5, 0.6) is 11.5 Å². The molecule has 0 heterocycles. The van der Waals surface area contributed by atoms with E-state index in [2.05, 4.69) is 5.32 Å². The largest absolute Gasteiger partial charge is 0.497 e. The summed E-state index contributed by atoms with van der Waals surface area (Å²) in [6.45, 7) is 3.32. The molecule has 1 amide bonds. The van der Waals surface area contributed by atoms with Gasteiger partial charge < -0.3 is 19.5 Å². The smallest absolute Gasteiger partial charge is 0.339 e. The van der Waals surface area contributed by atoms with Crippen molar-refractivity contribution >= 4 is 17.6 Å². The number of hydrogen-bond acceptors (Lipinski definition) is 5. The van der Waals surface area contributed by atoms with Gasteiger partial charge in [-0.3, -0.25) is 4.79 Å². The second kappa shape index (κ2) is 8.19. The van der Waals surface area contributed by atoms with Crippen LogP contribution in [0.15, 0.2) is 42.5 Å². The number of nitrogens with one attached hydrogen (secondary N) is 1. The zero-order valence-electron chi connectivity index (χ0n) is 14.7. The lowest BCUT2D eigenvalue weighted by Gasteiger charge is -2.16. The highest BCUT2D eigenvalue weighted by Gasteiger charge is 2.21. The first-order valence-corrected chi connectivity index (χ1v) is 7.75. The molecule has 0 aliphatic carbocycles. The molecule has 0 fully saturated rings. The third-order valence-electron chi connectivity index (χ3n) is 3.68. The van der Waals surface area contributed by atoms with E-state index in [-0.39, 0.29) is 0 Å². The number of anilines is 1. The molecule has 0 saturated heterocycles. The summed E-state index contributed by atoms with van der Waals surface area (Å²) in [6.07, 6.45) is -0.969. The van der Waals surface area contributed by atoms with Crippen molar-refractivity contribution in [2.45, 2.75) is 20.0 Å². The number of methoxy groups -OCH3 is 2. The van der Waals surface area contributed by atoms with E-state index in [1.165, 1.54) is 21.1 Å². The molecule has 0 unspecified atom stereocenters. The molecular formula is C19H21NO5. The van der Waals surface area contributed by atoms with Crippen molar-refractivity contribution in [1.82, 2.24) is 0 Å². The molecule has 0 aliphatic rings. The highest BCUT2D eigenvalue weighted by atomic mass is 16.5. The Morgan fingerprint density at radius 3 is 2.40 bits per heavy atom. The van der Waals surface area contributed by atoms with Gasteiger partial charge >= 0.3 is 5.97 Å². The summed E-state index contributed by atoms with van der Waals surface area (Å²) in [7, 11) is 3.03. The van der Waals surface area contributed by atoms with Gasteiger partial charge in [-0.1, -0.05) is 18.2 Å². The molecule has 25 heavy (non-hydrogen) atoms. The molecular weight excluding hydrogens is 322 g/mol. The number of amides is 1. The number of carbonyl (C=O) groups excluding carboxylic acids is 2. The van der Waals surface area contributed by atoms with E-state index in [1.54, 1.807) is 30.3 Å². The minimum Gasteiger partial charge on any atom is -0.497 e. The molecule has 0 bridgehead atoms. The number of ether oxygens (including phenoxy) is 3. The van der Waals surface area contributed by atoms with Crippen molar-refractivity contribution in [3.8, 4) is 11.5 Å². The van der Waals surface area contributed by atoms with E-state index in [0.717, 1.165) is 5.56 Å². The molecule has 132 valence electrons. The predicted molar refractivity (Wildman–Crippen MR) is 94.2 cm³/mol. The van der Waals surface area contributed by atoms with E-state index in [1.807, 2.05) is 19.1 Å². The number of esters is 1. The van der Waals surface area contributed by atoms with E-state index in [4.69, 9.17) is 14.2 Å². The van der Waals surface area contributed by atoms with Crippen molar-refractivity contribution < 1.29 is 23.8 Å². The van der Waals surface area contributed by atoms with E-state index >= 15 is 0 Å². The maximum absolute atomic E-state index is 12.3. The Balaban J connectivity index is 2.08. The summed E-state index contributed by atoms with van der Waals surface area (Å²) in [5.74, 6) is 0.0408. The quantitative estimate of drug-likeness (QED) is 0.816. The third kappa shape index (κ3) is 4.50. The number of aryl methyl sites for hydroxylation is 1. The molecule has 0 radical (unpaired) electrons. The molecule has 6 heteroatoms. The van der Waals surface area contributed by atoms with Gasteiger partial charge in [-0.25, -0.2) is 4.79 Å². The van der Waals surface area contributed by atoms with Gasteiger partial charge in [0.1, 0.15) is 11.5 Å². The van der Waals surface area contributed by atoms with Gasteiger partial charge in [0.15, 0.2) is 6.10 Å². The number of benzene rings is 2. The van der Waals surface area contributed by atoms with Gasteiger partial charge in [-0.05, 0) is 37.6 Å². The maximum atomic E-state index is 12.3. The van der Waals surface area contributed by atoms with Crippen molar-refractivity contribution in [1.29, 1.82) is 0 Å². The predicted octanol–water partition coefficient (Wildman–Crippen LogP) is 3.20. The van der Waals surface area contributed by atoms with Gasteiger partial charge in [0.2, 0.25) is 0 Å². The summed E-state index contributed by atoms with van der Waals surface area (Å²) >= 11 is 0. The highest BCUT2D eigenvalue weighted by molar-refractivity contribution is 5.98. The fourth-order valence-corrected chi connectivity index (χ4v) is 2.23. The average molecular weight is 343 g/mol. The zero-order valence-corrected chi connectivity index (χ0v) is 14.7. The Morgan fingerprint density at radius 1 is 1.04 bits per heavy atom. The van der Waals surface area contributed by atoms with Crippen molar-refractivity contribution in [3.05, 3.63) is 53.6 Å². The van der Waals surface area contributed by atoms with E-state index in [0.29, 0.717) is 22.7 Å². The molecule has 2 aromatic carbocycles. The first kappa shape index (κ1) is 18.3. The topological polar surface area (TPSA) is 73.9 Å². The summed E-state index contributed by atoms with van der Waals surface area (Å²) in [4.78, 5) is 24.6. The van der Waals surface area contributed by atoms with Crippen LogP contribution in [0.3, 0.4) is 0 Å². The molecule has 0 spiro atoms. The van der Waals surface area contributed by atoms with Gasteiger partial charge in [-0.15, -0.1) is 0 Å². The SMILES string of the molecule is COc1ccc(OC)c(NC(=O)[C@@H](C)OC(=O)c2ccccc2C)c1. The molecule has 0 aliphatic heterocycles. The van der Waals surface area contributed by atoms with Crippen LogP contribution in [0.25, 0.3) is 0 Å². The van der Waals surface area contributed by atoms with Crippen LogP contribution in [0, 0.1) is 6.92 Å². The summed E-state index contributed by atoms with van der Waals surface area (Å²) in [6, 6.07) is 12.1. The fraction of sp³-hybridized carbons (Fsp3) is 0.263. The normalized spacial score (nSPS) is 11.4. The Bertz CT molecular complexity index is 772. The van der Waals surface area contributed by atoms with Crippen LogP contribution in [0.2, 0.25) is 0 Å². The van der Waals surface area contributed by atoms with Crippen LogP contribution in [-0.2, 0) is 9.53 Å². The Kier molecular flexibility index (Phi) is 6.00. The fourth-order valence-electron chi connectivity index (χ4n) is 2.23. The van der Waals surface area contributed by atoms with Crippen LogP contribution >= 0.6 is 0 Å². The van der Waals surface area contributed by atoms with E-state index < -0.39 is 18.0 Å². The number of hydrogen-bond donors (Lipinski definition) is 1. The monoisotopic (exact) mass is 343 g/mol. The van der Waals surface area contributed by atoms with Crippen molar-refractivity contribution in [3.63, 3.8) is 0 Å². The highest BCUT2D eigenvalue weighted by Crippen LogP contribution is 2.29.